The standard InChI is InChI=1S/C64H56O14/c1-37(2)63(71)75-29-27-73-57(65)23-25-59(67)77-47-21-19-43-31-41(15-17-45(43)33-47)39(5)53-35-55(49-11-7-9-13-51(49)61(53)69)56-36-54(62(70)52-14-10-8-12-50(52)56)40(6)42-16-18-46-34-48(22-20-44(46)32-42)78-60(68)26-24-58(66)74-28-30-76-64(72)38(3)4/h7-22,31-36,39-40H,1,3,23-30H2,2,4-6H3/b56-55+. The highest BCUT2D eigenvalue weighted by molar-refractivity contribution is 6.24. The fraction of sp³-hybridized carbons (Fsp3) is 0.219. The van der Waals surface area contributed by atoms with Gasteiger partial charge >= 0.3 is 35.8 Å². The number of ether oxygens (including phenoxy) is 6. The van der Waals surface area contributed by atoms with Gasteiger partial charge in [-0.25, -0.2) is 9.59 Å². The predicted molar refractivity (Wildman–Crippen MR) is 292 cm³/mol. The van der Waals surface area contributed by atoms with Crippen LogP contribution in [0.25, 0.3) is 32.7 Å². The van der Waals surface area contributed by atoms with Crippen LogP contribution in [0.3, 0.4) is 0 Å². The molecule has 0 aromatic heterocycles. The zero-order valence-corrected chi connectivity index (χ0v) is 43.6. The maximum Gasteiger partial charge on any atom is 0.333 e. The van der Waals surface area contributed by atoms with Crippen LogP contribution in [0.15, 0.2) is 169 Å². The lowest BCUT2D eigenvalue weighted by atomic mass is 9.74. The van der Waals surface area contributed by atoms with Crippen molar-refractivity contribution in [3.8, 4) is 11.5 Å². The number of benzene rings is 6. The summed E-state index contributed by atoms with van der Waals surface area (Å²) in [4.78, 5) is 102. The van der Waals surface area contributed by atoms with Crippen LogP contribution in [-0.2, 0) is 47.7 Å². The van der Waals surface area contributed by atoms with E-state index in [2.05, 4.69) is 13.2 Å². The molecule has 14 nitrogen and oxygen atoms in total. The molecule has 0 saturated carbocycles. The average Bonchev–Trinajstić information content (AvgIpc) is 3.45. The van der Waals surface area contributed by atoms with E-state index < -0.39 is 35.8 Å². The Hall–Kier alpha value is -9.30. The molecule has 0 radical (unpaired) electrons. The van der Waals surface area contributed by atoms with Gasteiger partial charge in [-0.1, -0.05) is 124 Å². The zero-order valence-electron chi connectivity index (χ0n) is 43.6. The van der Waals surface area contributed by atoms with Crippen LogP contribution in [0.2, 0.25) is 0 Å². The van der Waals surface area contributed by atoms with Crippen molar-refractivity contribution >= 4 is 80.1 Å². The summed E-state index contributed by atoms with van der Waals surface area (Å²) in [6.07, 6.45) is 3.04. The molecule has 0 amide bonds. The van der Waals surface area contributed by atoms with Crippen LogP contribution >= 0.6 is 0 Å². The third-order valence-corrected chi connectivity index (χ3v) is 13.3. The second-order valence-corrected chi connectivity index (χ2v) is 19.0. The molecule has 396 valence electrons. The van der Waals surface area contributed by atoms with Gasteiger partial charge in [0.25, 0.3) is 0 Å². The largest absolute Gasteiger partial charge is 0.462 e. The van der Waals surface area contributed by atoms with E-state index in [-0.39, 0.29) is 86.7 Å². The van der Waals surface area contributed by atoms with E-state index >= 15 is 0 Å². The minimum absolute atomic E-state index is 0.108. The Morgan fingerprint density at radius 2 is 0.756 bits per heavy atom. The molecule has 2 unspecified atom stereocenters. The molecule has 0 heterocycles. The second-order valence-electron chi connectivity index (χ2n) is 19.0. The number of hydrogen-bond acceptors (Lipinski definition) is 14. The SMILES string of the molecule is C=C(C)C(=O)OCCOC(=O)CCC(=O)Oc1ccc2cc(C(C)C3=C/C(=C4/C=C(C(C)c5ccc6cc(OC(=O)CCC(=O)OCCOC(=O)C(=C)C)ccc6c5)C(=O)c5ccccc54)c4ccccc4C3=O)ccc2c1. The fourth-order valence-corrected chi connectivity index (χ4v) is 9.08. The molecule has 2 aliphatic rings. The minimum atomic E-state index is -0.635. The fourth-order valence-electron chi connectivity index (χ4n) is 9.08. The molecule has 8 rings (SSSR count). The van der Waals surface area contributed by atoms with Crippen LogP contribution in [0.4, 0.5) is 0 Å². The molecule has 2 aliphatic carbocycles. The lowest BCUT2D eigenvalue weighted by Gasteiger charge is -2.28. The number of allylic oxidation sites excluding steroid dienone is 6. The molecule has 0 fully saturated rings. The van der Waals surface area contributed by atoms with Crippen molar-refractivity contribution in [1.82, 2.24) is 0 Å². The highest BCUT2D eigenvalue weighted by Gasteiger charge is 2.33. The zero-order chi connectivity index (χ0) is 55.6. The Kier molecular flexibility index (Phi) is 17.3. The summed E-state index contributed by atoms with van der Waals surface area (Å²) in [6, 6.07) is 37.1. The van der Waals surface area contributed by atoms with Gasteiger partial charge in [0, 0.05) is 45.3 Å². The van der Waals surface area contributed by atoms with Gasteiger partial charge < -0.3 is 28.4 Å². The molecule has 2 atom stereocenters. The first-order chi connectivity index (χ1) is 37.4. The summed E-state index contributed by atoms with van der Waals surface area (Å²) >= 11 is 0. The molecule has 0 spiro atoms. The molecular formula is C64H56O14. The third kappa shape index (κ3) is 13.0. The van der Waals surface area contributed by atoms with Crippen molar-refractivity contribution in [2.45, 2.75) is 65.2 Å². The molecule has 14 heteroatoms. The molecule has 0 saturated heterocycles. The number of ketones is 2. The summed E-state index contributed by atoms with van der Waals surface area (Å²) in [5, 5.41) is 3.28. The highest BCUT2D eigenvalue weighted by Crippen LogP contribution is 2.45. The first-order valence-electron chi connectivity index (χ1n) is 25.4. The van der Waals surface area contributed by atoms with Crippen LogP contribution in [-0.4, -0.2) is 73.8 Å². The number of Topliss-reactive ketones (excluding diaryl/α,β-unsaturated/α-hetero) is 2. The maximum absolute atomic E-state index is 14.5. The van der Waals surface area contributed by atoms with Crippen LogP contribution < -0.4 is 9.47 Å². The molecule has 0 aliphatic heterocycles. The van der Waals surface area contributed by atoms with Gasteiger partial charge in [0.1, 0.15) is 37.9 Å². The summed E-state index contributed by atoms with van der Waals surface area (Å²) in [6.45, 7) is 13.4. The lowest BCUT2D eigenvalue weighted by Crippen LogP contribution is -2.19. The molecule has 6 aromatic carbocycles. The van der Waals surface area contributed by atoms with E-state index in [1.54, 1.807) is 24.3 Å². The highest BCUT2D eigenvalue weighted by atomic mass is 16.6. The molecular weight excluding hydrogens is 993 g/mol. The van der Waals surface area contributed by atoms with E-state index in [1.807, 2.05) is 123 Å². The molecule has 0 N–H and O–H groups in total. The van der Waals surface area contributed by atoms with Gasteiger partial charge in [-0.05, 0) is 105 Å². The quantitative estimate of drug-likeness (QED) is 0.0230. The Bertz CT molecular complexity index is 3340. The topological polar surface area (TPSA) is 192 Å². The second kappa shape index (κ2) is 24.6. The average molecular weight is 1050 g/mol. The van der Waals surface area contributed by atoms with Gasteiger partial charge in [0.15, 0.2) is 11.6 Å². The van der Waals surface area contributed by atoms with Crippen molar-refractivity contribution in [3.05, 3.63) is 202 Å². The van der Waals surface area contributed by atoms with Gasteiger partial charge in [0.05, 0.1) is 25.7 Å². The summed E-state index contributed by atoms with van der Waals surface area (Å²) in [5.41, 5.74) is 7.56. The number of esters is 6. The van der Waals surface area contributed by atoms with Crippen molar-refractivity contribution in [2.24, 2.45) is 0 Å². The van der Waals surface area contributed by atoms with Crippen LogP contribution in [0, 0.1) is 0 Å². The number of carbonyl (C=O) groups excluding carboxylic acids is 8. The van der Waals surface area contributed by atoms with Gasteiger partial charge in [-0.2, -0.15) is 0 Å². The first-order valence-corrected chi connectivity index (χ1v) is 25.4. The third-order valence-electron chi connectivity index (χ3n) is 13.3. The van der Waals surface area contributed by atoms with Gasteiger partial charge in [-0.15, -0.1) is 0 Å². The maximum atomic E-state index is 14.5. The molecule has 0 bridgehead atoms. The number of rotatable bonds is 20. The smallest absolute Gasteiger partial charge is 0.333 e. The van der Waals surface area contributed by atoms with Crippen molar-refractivity contribution < 1.29 is 66.8 Å². The van der Waals surface area contributed by atoms with Crippen molar-refractivity contribution in [2.75, 3.05) is 26.4 Å². The Morgan fingerprint density at radius 1 is 0.423 bits per heavy atom. The summed E-state index contributed by atoms with van der Waals surface area (Å²) < 4.78 is 31.0. The van der Waals surface area contributed by atoms with E-state index in [1.165, 1.54) is 13.8 Å². The monoisotopic (exact) mass is 1050 g/mol. The lowest BCUT2D eigenvalue weighted by molar-refractivity contribution is -0.151. The van der Waals surface area contributed by atoms with Crippen LogP contribution in [0.5, 0.6) is 11.5 Å². The Balaban J connectivity index is 0.988. The Morgan fingerprint density at radius 3 is 1.14 bits per heavy atom. The molecule has 78 heavy (non-hydrogen) atoms. The van der Waals surface area contributed by atoms with Gasteiger partial charge in [0.2, 0.25) is 0 Å². The predicted octanol–water partition coefficient (Wildman–Crippen LogP) is 11.5. The van der Waals surface area contributed by atoms with Crippen molar-refractivity contribution in [1.29, 1.82) is 0 Å². The number of hydrogen-bond donors (Lipinski definition) is 0. The molecule has 6 aromatic rings. The van der Waals surface area contributed by atoms with Crippen molar-refractivity contribution in [3.63, 3.8) is 0 Å². The van der Waals surface area contributed by atoms with E-state index in [9.17, 15) is 38.4 Å². The summed E-state index contributed by atoms with van der Waals surface area (Å²) in [7, 11) is 0. The Labute approximate surface area is 450 Å². The first kappa shape index (κ1) is 54.9. The number of carbonyl (C=O) groups is 8. The minimum Gasteiger partial charge on any atom is -0.462 e. The normalized spacial score (nSPS) is 14.4. The van der Waals surface area contributed by atoms with E-state index in [0.717, 1.165) is 54.9 Å². The van der Waals surface area contributed by atoms with E-state index in [4.69, 9.17) is 28.4 Å². The van der Waals surface area contributed by atoms with Gasteiger partial charge in [-0.3, -0.25) is 28.8 Å². The number of fused-ring (bicyclic) bond motifs is 4. The van der Waals surface area contributed by atoms with E-state index in [0.29, 0.717) is 33.8 Å². The van der Waals surface area contributed by atoms with Crippen LogP contribution in [0.1, 0.15) is 108 Å². The summed E-state index contributed by atoms with van der Waals surface area (Å²) in [5.74, 6) is -4.05.